The topological polar surface area (TPSA) is 64.6 Å². The molecular weight excluding hydrogens is 402 g/mol. The molecule has 1 N–H and O–H groups in total. The third kappa shape index (κ3) is 5.98. The van der Waals surface area contributed by atoms with Gasteiger partial charge in [0.15, 0.2) is 0 Å². The molecule has 5 heteroatoms. The zero-order valence-electron chi connectivity index (χ0n) is 19.2. The second kappa shape index (κ2) is 11.8. The van der Waals surface area contributed by atoms with Gasteiger partial charge in [-0.05, 0) is 42.9 Å². The summed E-state index contributed by atoms with van der Waals surface area (Å²) in [6, 6.07) is 19.4. The van der Waals surface area contributed by atoms with E-state index >= 15 is 0 Å². The van der Waals surface area contributed by atoms with E-state index in [-0.39, 0.29) is 37.0 Å². The first-order valence-corrected chi connectivity index (χ1v) is 11.8. The molecule has 172 valence electrons. The van der Waals surface area contributed by atoms with Crippen LogP contribution in [-0.2, 0) is 32.3 Å². The Bertz CT molecular complexity index is 854. The van der Waals surface area contributed by atoms with E-state index in [0.717, 1.165) is 30.4 Å². The van der Waals surface area contributed by atoms with Crippen LogP contribution in [0.2, 0.25) is 0 Å². The highest BCUT2D eigenvalue weighted by atomic mass is 16.5. The van der Waals surface area contributed by atoms with E-state index in [1.54, 1.807) is 0 Å². The van der Waals surface area contributed by atoms with Crippen molar-refractivity contribution in [2.75, 3.05) is 6.54 Å². The predicted molar refractivity (Wildman–Crippen MR) is 125 cm³/mol. The maximum Gasteiger partial charge on any atom is 0.326 e. The van der Waals surface area contributed by atoms with Crippen molar-refractivity contribution < 1.29 is 19.1 Å². The fourth-order valence-corrected chi connectivity index (χ4v) is 4.71. The first kappa shape index (κ1) is 24.0. The van der Waals surface area contributed by atoms with Gasteiger partial charge >= 0.3 is 11.9 Å². The van der Waals surface area contributed by atoms with Gasteiger partial charge in [0.2, 0.25) is 0 Å². The Labute approximate surface area is 191 Å². The van der Waals surface area contributed by atoms with Gasteiger partial charge in [-0.25, -0.2) is 0 Å². The molecule has 1 heterocycles. The summed E-state index contributed by atoms with van der Waals surface area (Å²) in [5.74, 6) is -0.722. The molecule has 0 aliphatic carbocycles. The lowest BCUT2D eigenvalue weighted by Gasteiger charge is -2.44. The maximum absolute atomic E-state index is 13.5. The van der Waals surface area contributed by atoms with Crippen molar-refractivity contribution in [3.05, 3.63) is 71.8 Å². The number of carbonyl (C=O) groups is 2. The van der Waals surface area contributed by atoms with Crippen LogP contribution in [0.5, 0.6) is 0 Å². The van der Waals surface area contributed by atoms with Crippen molar-refractivity contribution in [2.24, 2.45) is 11.8 Å². The van der Waals surface area contributed by atoms with Crippen LogP contribution in [0.3, 0.4) is 0 Å². The molecule has 0 radical (unpaired) electrons. The van der Waals surface area contributed by atoms with Gasteiger partial charge in [0, 0.05) is 0 Å². The summed E-state index contributed by atoms with van der Waals surface area (Å²) in [5, 5.41) is 3.48. The van der Waals surface area contributed by atoms with Crippen LogP contribution < -0.4 is 5.32 Å². The molecule has 3 unspecified atom stereocenters. The molecule has 32 heavy (non-hydrogen) atoms. The Balaban J connectivity index is 1.72. The van der Waals surface area contributed by atoms with Gasteiger partial charge in [-0.15, -0.1) is 0 Å². The smallest absolute Gasteiger partial charge is 0.326 e. The van der Waals surface area contributed by atoms with E-state index in [1.165, 1.54) is 0 Å². The number of carbonyl (C=O) groups excluding carboxylic acids is 2. The van der Waals surface area contributed by atoms with E-state index in [2.05, 4.69) is 19.2 Å². The number of hydrogen-bond donors (Lipinski definition) is 1. The second-order valence-electron chi connectivity index (χ2n) is 8.64. The number of ether oxygens (including phenoxy) is 2. The fourth-order valence-electron chi connectivity index (χ4n) is 4.71. The Morgan fingerprint density at radius 3 is 2.12 bits per heavy atom. The molecule has 1 aliphatic heterocycles. The van der Waals surface area contributed by atoms with Gasteiger partial charge in [0.25, 0.3) is 0 Å². The van der Waals surface area contributed by atoms with Crippen LogP contribution in [0.25, 0.3) is 0 Å². The zero-order valence-corrected chi connectivity index (χ0v) is 19.2. The van der Waals surface area contributed by atoms with Crippen molar-refractivity contribution in [2.45, 2.75) is 64.7 Å². The highest BCUT2D eigenvalue weighted by Gasteiger charge is 2.50. The van der Waals surface area contributed by atoms with Gasteiger partial charge in [-0.1, -0.05) is 87.4 Å². The minimum atomic E-state index is -0.867. The van der Waals surface area contributed by atoms with E-state index in [4.69, 9.17) is 9.47 Å². The second-order valence-corrected chi connectivity index (χ2v) is 8.64. The first-order valence-electron chi connectivity index (χ1n) is 11.8. The molecule has 0 aromatic heterocycles. The largest absolute Gasteiger partial charge is 0.461 e. The van der Waals surface area contributed by atoms with Crippen LogP contribution >= 0.6 is 0 Å². The van der Waals surface area contributed by atoms with Crippen molar-refractivity contribution in [1.29, 1.82) is 0 Å². The van der Waals surface area contributed by atoms with E-state index in [9.17, 15) is 9.59 Å². The summed E-state index contributed by atoms with van der Waals surface area (Å²) in [4.78, 5) is 26.4. The van der Waals surface area contributed by atoms with Crippen LogP contribution in [0, 0.1) is 11.8 Å². The van der Waals surface area contributed by atoms with Gasteiger partial charge in [-0.3, -0.25) is 9.59 Å². The molecule has 0 bridgehead atoms. The number of esters is 2. The number of nitrogens with one attached hydrogen (secondary N) is 1. The molecule has 2 aromatic rings. The third-order valence-electron chi connectivity index (χ3n) is 6.46. The number of piperidine rings is 1. The Morgan fingerprint density at radius 1 is 0.969 bits per heavy atom. The quantitative estimate of drug-likeness (QED) is 0.528. The predicted octanol–water partition coefficient (Wildman–Crippen LogP) is 5.04. The highest BCUT2D eigenvalue weighted by Crippen LogP contribution is 2.37. The molecule has 5 nitrogen and oxygen atoms in total. The van der Waals surface area contributed by atoms with Crippen molar-refractivity contribution in [3.8, 4) is 0 Å². The molecule has 0 amide bonds. The molecule has 3 atom stereocenters. The summed E-state index contributed by atoms with van der Waals surface area (Å²) in [5.41, 5.74) is 1.05. The molecule has 2 aromatic carbocycles. The lowest BCUT2D eigenvalue weighted by molar-refractivity contribution is -0.162. The van der Waals surface area contributed by atoms with E-state index in [1.807, 2.05) is 60.7 Å². The molecule has 0 spiro atoms. The standard InChI is InChI=1S/C27H35NO4/c1-3-11-24(4-2)27(26(30)32-20-22-14-9-6-10-15-22)18-23(16-17-28-27)25(29)31-19-21-12-7-5-8-13-21/h5-10,12-15,23-24,28H,3-4,11,16-20H2,1-2H3. The first-order chi connectivity index (χ1) is 15.6. The monoisotopic (exact) mass is 437 g/mol. The Hall–Kier alpha value is -2.66. The van der Waals surface area contributed by atoms with Gasteiger partial charge in [0.1, 0.15) is 18.8 Å². The number of hydrogen-bond acceptors (Lipinski definition) is 5. The number of benzene rings is 2. The van der Waals surface area contributed by atoms with E-state index in [0.29, 0.717) is 19.4 Å². The molecular formula is C27H35NO4. The van der Waals surface area contributed by atoms with Gasteiger partial charge in [-0.2, -0.15) is 0 Å². The SMILES string of the molecule is CCCC(CC)C1(C(=O)OCc2ccccc2)CC(C(=O)OCc2ccccc2)CCN1. The summed E-state index contributed by atoms with van der Waals surface area (Å²) in [7, 11) is 0. The summed E-state index contributed by atoms with van der Waals surface area (Å²) < 4.78 is 11.4. The molecule has 1 fully saturated rings. The van der Waals surface area contributed by atoms with Crippen molar-refractivity contribution >= 4 is 11.9 Å². The lowest BCUT2D eigenvalue weighted by atomic mass is 9.71. The van der Waals surface area contributed by atoms with Crippen LogP contribution in [0.4, 0.5) is 0 Å². The molecule has 1 saturated heterocycles. The van der Waals surface area contributed by atoms with Crippen molar-refractivity contribution in [3.63, 3.8) is 0 Å². The summed E-state index contributed by atoms with van der Waals surface area (Å²) >= 11 is 0. The average Bonchev–Trinajstić information content (AvgIpc) is 2.85. The highest BCUT2D eigenvalue weighted by molar-refractivity contribution is 5.83. The van der Waals surface area contributed by atoms with Gasteiger partial charge in [0.05, 0.1) is 5.92 Å². The normalized spacial score (nSPS) is 21.5. The minimum Gasteiger partial charge on any atom is -0.461 e. The van der Waals surface area contributed by atoms with Crippen LogP contribution in [0.15, 0.2) is 60.7 Å². The van der Waals surface area contributed by atoms with Crippen LogP contribution in [0.1, 0.15) is 57.1 Å². The molecule has 1 aliphatic rings. The van der Waals surface area contributed by atoms with E-state index < -0.39 is 5.54 Å². The Morgan fingerprint density at radius 2 is 1.56 bits per heavy atom. The summed E-state index contributed by atoms with van der Waals surface area (Å²) in [6.07, 6.45) is 3.77. The maximum atomic E-state index is 13.5. The fraction of sp³-hybridized carbons (Fsp3) is 0.481. The van der Waals surface area contributed by atoms with Gasteiger partial charge < -0.3 is 14.8 Å². The average molecular weight is 438 g/mol. The lowest BCUT2D eigenvalue weighted by Crippen LogP contribution is -2.62. The number of rotatable bonds is 10. The third-order valence-corrected chi connectivity index (χ3v) is 6.46. The zero-order chi connectivity index (χ0) is 22.8. The Kier molecular flexibility index (Phi) is 8.86. The van der Waals surface area contributed by atoms with Crippen LogP contribution in [-0.4, -0.2) is 24.0 Å². The summed E-state index contributed by atoms with van der Waals surface area (Å²) in [6.45, 7) is 5.30. The van der Waals surface area contributed by atoms with Crippen molar-refractivity contribution in [1.82, 2.24) is 5.32 Å². The molecule has 0 saturated carbocycles. The molecule has 3 rings (SSSR count). The minimum absolute atomic E-state index is 0.0977.